The van der Waals surface area contributed by atoms with E-state index in [2.05, 4.69) is 0 Å². The number of aliphatic carboxylic acids is 1. The molecule has 0 saturated carbocycles. The van der Waals surface area contributed by atoms with Crippen molar-refractivity contribution in [2.45, 2.75) is 24.7 Å². The SMILES string of the molecule is Cc1cc(N(CCCC(=O)O)S(=O)(=O)c2ccc(Cl)c(Cl)c2)ccc1Cl. The van der Waals surface area contributed by atoms with Crippen molar-refractivity contribution in [3.8, 4) is 0 Å². The van der Waals surface area contributed by atoms with E-state index in [0.717, 1.165) is 4.31 Å². The number of carboxylic acid groups (broad SMARTS) is 1. The zero-order chi connectivity index (χ0) is 19.5. The van der Waals surface area contributed by atoms with Gasteiger partial charge in [0.25, 0.3) is 10.0 Å². The first-order valence-corrected chi connectivity index (χ1v) is 10.2. The Balaban J connectivity index is 2.48. The molecule has 2 aromatic rings. The molecule has 0 aliphatic carbocycles. The molecule has 26 heavy (non-hydrogen) atoms. The topological polar surface area (TPSA) is 74.7 Å². The highest BCUT2D eigenvalue weighted by Crippen LogP contribution is 2.31. The van der Waals surface area contributed by atoms with Crippen molar-refractivity contribution >= 4 is 56.5 Å². The first-order chi connectivity index (χ1) is 12.1. The van der Waals surface area contributed by atoms with E-state index in [1.165, 1.54) is 18.2 Å². The van der Waals surface area contributed by atoms with Crippen LogP contribution in [0, 0.1) is 6.92 Å². The number of hydrogen-bond acceptors (Lipinski definition) is 3. The zero-order valence-corrected chi connectivity index (χ0v) is 16.8. The Morgan fingerprint density at radius 1 is 1.04 bits per heavy atom. The molecule has 2 aromatic carbocycles. The Labute approximate surface area is 167 Å². The number of halogens is 3. The average Bonchev–Trinajstić information content (AvgIpc) is 2.56. The van der Waals surface area contributed by atoms with Gasteiger partial charge in [-0.15, -0.1) is 0 Å². The van der Waals surface area contributed by atoms with Crippen molar-refractivity contribution in [2.75, 3.05) is 10.8 Å². The van der Waals surface area contributed by atoms with Crippen molar-refractivity contribution in [3.63, 3.8) is 0 Å². The number of rotatable bonds is 7. The van der Waals surface area contributed by atoms with E-state index in [1.54, 1.807) is 25.1 Å². The van der Waals surface area contributed by atoms with E-state index in [0.29, 0.717) is 16.3 Å². The summed E-state index contributed by atoms with van der Waals surface area (Å²) in [4.78, 5) is 10.8. The van der Waals surface area contributed by atoms with Gasteiger partial charge in [0.05, 0.1) is 20.6 Å². The predicted molar refractivity (Wildman–Crippen MR) is 104 cm³/mol. The second kappa shape index (κ2) is 8.48. The molecule has 0 unspecified atom stereocenters. The normalized spacial score (nSPS) is 11.4. The number of carboxylic acids is 1. The third-order valence-corrected chi connectivity index (χ3v) is 6.65. The van der Waals surface area contributed by atoms with Gasteiger partial charge in [-0.05, 0) is 55.3 Å². The molecule has 0 aliphatic heterocycles. The van der Waals surface area contributed by atoms with Crippen molar-refractivity contribution in [1.82, 2.24) is 0 Å². The number of anilines is 1. The largest absolute Gasteiger partial charge is 0.481 e. The van der Waals surface area contributed by atoms with Gasteiger partial charge in [0.2, 0.25) is 0 Å². The van der Waals surface area contributed by atoms with E-state index >= 15 is 0 Å². The predicted octanol–water partition coefficient (Wildman–Crippen LogP) is 5.02. The van der Waals surface area contributed by atoms with Crippen LogP contribution in [0.3, 0.4) is 0 Å². The maximum Gasteiger partial charge on any atom is 0.303 e. The number of benzene rings is 2. The molecule has 9 heteroatoms. The molecule has 0 bridgehead atoms. The second-order valence-corrected chi connectivity index (χ2v) is 8.67. The van der Waals surface area contributed by atoms with Crippen LogP contribution in [0.25, 0.3) is 0 Å². The molecule has 0 spiro atoms. The number of aryl methyl sites for hydroxylation is 1. The lowest BCUT2D eigenvalue weighted by molar-refractivity contribution is -0.137. The quantitative estimate of drug-likeness (QED) is 0.661. The standard InChI is InChI=1S/C17H16Cl3NO4S/c1-11-9-12(4-6-14(11)18)21(8-2-3-17(22)23)26(24,25)13-5-7-15(19)16(20)10-13/h4-7,9-10H,2-3,8H2,1H3,(H,22,23). The smallest absolute Gasteiger partial charge is 0.303 e. The molecule has 140 valence electrons. The van der Waals surface area contributed by atoms with Gasteiger partial charge in [-0.2, -0.15) is 0 Å². The van der Waals surface area contributed by atoms with Gasteiger partial charge in [0.1, 0.15) is 0 Å². The number of carbonyl (C=O) groups is 1. The van der Waals surface area contributed by atoms with Gasteiger partial charge in [0.15, 0.2) is 0 Å². The Morgan fingerprint density at radius 3 is 2.27 bits per heavy atom. The molecule has 2 rings (SSSR count). The van der Waals surface area contributed by atoms with E-state index < -0.39 is 16.0 Å². The molecule has 0 aliphatic rings. The fraction of sp³-hybridized carbons (Fsp3) is 0.235. The van der Waals surface area contributed by atoms with Crippen LogP contribution in [-0.2, 0) is 14.8 Å². The van der Waals surface area contributed by atoms with E-state index in [-0.39, 0.29) is 34.3 Å². The monoisotopic (exact) mass is 435 g/mol. The average molecular weight is 437 g/mol. The van der Waals surface area contributed by atoms with Crippen molar-refractivity contribution < 1.29 is 18.3 Å². The first-order valence-electron chi connectivity index (χ1n) is 7.58. The van der Waals surface area contributed by atoms with Crippen LogP contribution in [0.2, 0.25) is 15.1 Å². The Bertz CT molecular complexity index is 932. The highest BCUT2D eigenvalue weighted by Gasteiger charge is 2.26. The molecule has 1 N–H and O–H groups in total. The molecule has 0 heterocycles. The second-order valence-electron chi connectivity index (χ2n) is 5.58. The number of nitrogens with zero attached hydrogens (tertiary/aromatic N) is 1. The van der Waals surface area contributed by atoms with Crippen molar-refractivity contribution in [2.24, 2.45) is 0 Å². The van der Waals surface area contributed by atoms with Crippen LogP contribution in [0.5, 0.6) is 0 Å². The summed E-state index contributed by atoms with van der Waals surface area (Å²) in [5, 5.41) is 9.71. The minimum absolute atomic E-state index is 0.00402. The van der Waals surface area contributed by atoms with Crippen LogP contribution in [-0.4, -0.2) is 26.0 Å². The van der Waals surface area contributed by atoms with Crippen LogP contribution < -0.4 is 4.31 Å². The lowest BCUT2D eigenvalue weighted by Crippen LogP contribution is -2.32. The molecule has 0 aromatic heterocycles. The van der Waals surface area contributed by atoms with Gasteiger partial charge in [-0.3, -0.25) is 9.10 Å². The minimum Gasteiger partial charge on any atom is -0.481 e. The number of hydrogen-bond donors (Lipinski definition) is 1. The van der Waals surface area contributed by atoms with E-state index in [4.69, 9.17) is 39.9 Å². The molecule has 0 fully saturated rings. The van der Waals surface area contributed by atoms with E-state index in [1.807, 2.05) is 0 Å². The first kappa shape index (κ1) is 20.8. The van der Waals surface area contributed by atoms with Crippen LogP contribution in [0.4, 0.5) is 5.69 Å². The third-order valence-electron chi connectivity index (χ3n) is 3.66. The minimum atomic E-state index is -3.97. The van der Waals surface area contributed by atoms with Gasteiger partial charge < -0.3 is 5.11 Å². The van der Waals surface area contributed by atoms with E-state index in [9.17, 15) is 13.2 Å². The molecule has 0 saturated heterocycles. The molecule has 0 amide bonds. The van der Waals surface area contributed by atoms with Gasteiger partial charge >= 0.3 is 5.97 Å². The highest BCUT2D eigenvalue weighted by atomic mass is 35.5. The highest BCUT2D eigenvalue weighted by molar-refractivity contribution is 7.92. The fourth-order valence-corrected chi connectivity index (χ4v) is 4.31. The Morgan fingerprint density at radius 2 is 1.69 bits per heavy atom. The Kier molecular flexibility index (Phi) is 6.80. The lowest BCUT2D eigenvalue weighted by Gasteiger charge is -2.25. The fourth-order valence-electron chi connectivity index (χ4n) is 2.31. The van der Waals surface area contributed by atoms with Crippen LogP contribution in [0.1, 0.15) is 18.4 Å². The summed E-state index contributed by atoms with van der Waals surface area (Å²) >= 11 is 17.8. The lowest BCUT2D eigenvalue weighted by atomic mass is 10.2. The van der Waals surface area contributed by atoms with Crippen molar-refractivity contribution in [3.05, 3.63) is 57.0 Å². The molecular formula is C17H16Cl3NO4S. The van der Waals surface area contributed by atoms with Crippen molar-refractivity contribution in [1.29, 1.82) is 0 Å². The maximum absolute atomic E-state index is 13.1. The summed E-state index contributed by atoms with van der Waals surface area (Å²) in [6.07, 6.45) is -0.00246. The molecule has 0 atom stereocenters. The van der Waals surface area contributed by atoms with Gasteiger partial charge in [0, 0.05) is 18.0 Å². The maximum atomic E-state index is 13.1. The van der Waals surface area contributed by atoms with Crippen LogP contribution in [0.15, 0.2) is 41.3 Å². The number of sulfonamides is 1. The Hall–Kier alpha value is -1.47. The summed E-state index contributed by atoms with van der Waals surface area (Å²) in [6, 6.07) is 8.84. The van der Waals surface area contributed by atoms with Gasteiger partial charge in [-0.25, -0.2) is 8.42 Å². The van der Waals surface area contributed by atoms with Crippen LogP contribution >= 0.6 is 34.8 Å². The molecule has 5 nitrogen and oxygen atoms in total. The van der Waals surface area contributed by atoms with Gasteiger partial charge in [-0.1, -0.05) is 34.8 Å². The summed E-state index contributed by atoms with van der Waals surface area (Å²) in [5.74, 6) is -0.996. The molecule has 0 radical (unpaired) electrons. The molecular weight excluding hydrogens is 421 g/mol. The third kappa shape index (κ3) is 4.82. The summed E-state index contributed by atoms with van der Waals surface area (Å²) in [5.41, 5.74) is 1.10. The summed E-state index contributed by atoms with van der Waals surface area (Å²) in [7, 11) is -3.97. The summed E-state index contributed by atoms with van der Waals surface area (Å²) in [6.45, 7) is 1.75. The summed E-state index contributed by atoms with van der Waals surface area (Å²) < 4.78 is 27.4. The zero-order valence-electron chi connectivity index (χ0n) is 13.7.